The fourth-order valence-corrected chi connectivity index (χ4v) is 2.29. The predicted molar refractivity (Wildman–Crippen MR) is 64.0 cm³/mol. The van der Waals surface area contributed by atoms with Gasteiger partial charge in [-0.25, -0.2) is 0 Å². The number of rotatable bonds is 6. The molecular weight excluding hydrogens is 188 g/mol. The topological polar surface area (TPSA) is 38.5 Å². The first-order valence-electron chi connectivity index (χ1n) is 6.27. The van der Waals surface area contributed by atoms with Crippen LogP contribution < -0.4 is 5.73 Å². The van der Waals surface area contributed by atoms with Crippen molar-refractivity contribution in [2.75, 3.05) is 26.8 Å². The van der Waals surface area contributed by atoms with Crippen molar-refractivity contribution < 1.29 is 4.74 Å². The summed E-state index contributed by atoms with van der Waals surface area (Å²) in [6.45, 7) is 4.93. The van der Waals surface area contributed by atoms with Crippen molar-refractivity contribution in [3.63, 3.8) is 0 Å². The molecule has 0 bridgehead atoms. The second-order valence-corrected chi connectivity index (χ2v) is 4.60. The molecule has 1 fully saturated rings. The Morgan fingerprint density at radius 1 is 1.27 bits per heavy atom. The minimum Gasteiger partial charge on any atom is -0.382 e. The maximum absolute atomic E-state index is 5.90. The van der Waals surface area contributed by atoms with Gasteiger partial charge in [0.05, 0.1) is 0 Å². The molecule has 1 rings (SSSR count). The molecule has 0 atom stereocenters. The summed E-state index contributed by atoms with van der Waals surface area (Å²) in [5.74, 6) is 0. The lowest BCUT2D eigenvalue weighted by Crippen LogP contribution is -2.39. The van der Waals surface area contributed by atoms with Crippen molar-refractivity contribution >= 4 is 0 Å². The SMILES string of the molecule is CCOCCCN(C)C1CCC(N)CC1. The molecule has 0 spiro atoms. The molecule has 0 aromatic rings. The molecule has 1 saturated carbocycles. The Kier molecular flexibility index (Phi) is 6.22. The van der Waals surface area contributed by atoms with Gasteiger partial charge in [-0.1, -0.05) is 0 Å². The molecule has 3 nitrogen and oxygen atoms in total. The summed E-state index contributed by atoms with van der Waals surface area (Å²) in [6.07, 6.45) is 6.08. The van der Waals surface area contributed by atoms with E-state index >= 15 is 0 Å². The van der Waals surface area contributed by atoms with Crippen LogP contribution in [-0.2, 0) is 4.74 Å². The van der Waals surface area contributed by atoms with Crippen LogP contribution in [0.25, 0.3) is 0 Å². The highest BCUT2D eigenvalue weighted by atomic mass is 16.5. The van der Waals surface area contributed by atoms with E-state index in [2.05, 4.69) is 11.9 Å². The molecule has 1 aliphatic rings. The maximum Gasteiger partial charge on any atom is 0.0478 e. The van der Waals surface area contributed by atoms with Crippen LogP contribution in [0.5, 0.6) is 0 Å². The van der Waals surface area contributed by atoms with Crippen LogP contribution >= 0.6 is 0 Å². The van der Waals surface area contributed by atoms with E-state index in [1.54, 1.807) is 0 Å². The third-order valence-corrected chi connectivity index (χ3v) is 3.37. The highest BCUT2D eigenvalue weighted by Crippen LogP contribution is 2.21. The lowest BCUT2D eigenvalue weighted by molar-refractivity contribution is 0.120. The number of hydrogen-bond acceptors (Lipinski definition) is 3. The van der Waals surface area contributed by atoms with Crippen LogP contribution in [0.1, 0.15) is 39.0 Å². The van der Waals surface area contributed by atoms with Crippen LogP contribution in [0, 0.1) is 0 Å². The number of nitrogens with zero attached hydrogens (tertiary/aromatic N) is 1. The molecule has 1 aliphatic carbocycles. The molecule has 3 heteroatoms. The Bertz CT molecular complexity index is 156. The first kappa shape index (κ1) is 12.9. The second kappa shape index (κ2) is 7.20. The van der Waals surface area contributed by atoms with Gasteiger partial charge >= 0.3 is 0 Å². The average molecular weight is 214 g/mol. The minimum atomic E-state index is 0.457. The zero-order chi connectivity index (χ0) is 11.1. The number of nitrogens with two attached hydrogens (primary N) is 1. The van der Waals surface area contributed by atoms with E-state index in [-0.39, 0.29) is 0 Å². The van der Waals surface area contributed by atoms with E-state index in [9.17, 15) is 0 Å². The van der Waals surface area contributed by atoms with Crippen molar-refractivity contribution in [3.05, 3.63) is 0 Å². The standard InChI is InChI=1S/C12H26N2O/c1-3-15-10-4-9-14(2)12-7-5-11(13)6-8-12/h11-12H,3-10,13H2,1-2H3. The Hall–Kier alpha value is -0.120. The lowest BCUT2D eigenvalue weighted by Gasteiger charge is -2.33. The number of ether oxygens (including phenoxy) is 1. The lowest BCUT2D eigenvalue weighted by atomic mass is 9.91. The molecule has 0 aliphatic heterocycles. The van der Waals surface area contributed by atoms with Crippen LogP contribution in [0.15, 0.2) is 0 Å². The summed E-state index contributed by atoms with van der Waals surface area (Å²) < 4.78 is 5.34. The summed E-state index contributed by atoms with van der Waals surface area (Å²) >= 11 is 0. The molecule has 2 N–H and O–H groups in total. The van der Waals surface area contributed by atoms with Gasteiger partial charge in [-0.05, 0) is 46.1 Å². The van der Waals surface area contributed by atoms with Gasteiger partial charge in [0, 0.05) is 31.8 Å². The van der Waals surface area contributed by atoms with E-state index in [4.69, 9.17) is 10.5 Å². The molecular formula is C12H26N2O. The molecule has 0 aromatic heterocycles. The van der Waals surface area contributed by atoms with Crippen molar-refractivity contribution in [2.24, 2.45) is 5.73 Å². The fourth-order valence-electron chi connectivity index (χ4n) is 2.29. The highest BCUT2D eigenvalue weighted by molar-refractivity contribution is 4.79. The molecule has 0 heterocycles. The smallest absolute Gasteiger partial charge is 0.0478 e. The Morgan fingerprint density at radius 2 is 1.93 bits per heavy atom. The summed E-state index contributed by atoms with van der Waals surface area (Å²) in [7, 11) is 2.23. The van der Waals surface area contributed by atoms with Gasteiger partial charge in [-0.2, -0.15) is 0 Å². The van der Waals surface area contributed by atoms with Crippen LogP contribution in [-0.4, -0.2) is 43.8 Å². The Morgan fingerprint density at radius 3 is 2.53 bits per heavy atom. The van der Waals surface area contributed by atoms with Gasteiger partial charge in [-0.15, -0.1) is 0 Å². The zero-order valence-electron chi connectivity index (χ0n) is 10.2. The van der Waals surface area contributed by atoms with Gasteiger partial charge in [0.15, 0.2) is 0 Å². The molecule has 90 valence electrons. The van der Waals surface area contributed by atoms with Gasteiger partial charge < -0.3 is 15.4 Å². The average Bonchev–Trinajstić information content (AvgIpc) is 2.25. The Balaban J connectivity index is 2.08. The van der Waals surface area contributed by atoms with Gasteiger partial charge in [-0.3, -0.25) is 0 Å². The van der Waals surface area contributed by atoms with E-state index in [0.717, 1.165) is 32.2 Å². The molecule has 0 aromatic carbocycles. The van der Waals surface area contributed by atoms with E-state index in [1.807, 2.05) is 6.92 Å². The summed E-state index contributed by atoms with van der Waals surface area (Å²) in [4.78, 5) is 2.48. The molecule has 15 heavy (non-hydrogen) atoms. The highest BCUT2D eigenvalue weighted by Gasteiger charge is 2.21. The van der Waals surface area contributed by atoms with E-state index in [1.165, 1.54) is 25.7 Å². The minimum absolute atomic E-state index is 0.457. The maximum atomic E-state index is 5.90. The summed E-state index contributed by atoms with van der Waals surface area (Å²) in [5.41, 5.74) is 5.90. The monoisotopic (exact) mass is 214 g/mol. The van der Waals surface area contributed by atoms with Crippen molar-refractivity contribution in [1.29, 1.82) is 0 Å². The quantitative estimate of drug-likeness (QED) is 0.683. The van der Waals surface area contributed by atoms with Crippen molar-refractivity contribution in [3.8, 4) is 0 Å². The first-order valence-corrected chi connectivity index (χ1v) is 6.27. The van der Waals surface area contributed by atoms with Gasteiger partial charge in [0.1, 0.15) is 0 Å². The summed E-state index contributed by atoms with van der Waals surface area (Å²) in [5, 5.41) is 0. The van der Waals surface area contributed by atoms with E-state index in [0.29, 0.717) is 6.04 Å². The first-order chi connectivity index (χ1) is 7.24. The van der Waals surface area contributed by atoms with Gasteiger partial charge in [0.25, 0.3) is 0 Å². The predicted octanol–water partition coefficient (Wildman–Crippen LogP) is 1.61. The summed E-state index contributed by atoms with van der Waals surface area (Å²) in [6, 6.07) is 1.21. The largest absolute Gasteiger partial charge is 0.382 e. The van der Waals surface area contributed by atoms with Crippen LogP contribution in [0.3, 0.4) is 0 Å². The van der Waals surface area contributed by atoms with Crippen LogP contribution in [0.4, 0.5) is 0 Å². The second-order valence-electron chi connectivity index (χ2n) is 4.60. The Labute approximate surface area is 94.0 Å². The van der Waals surface area contributed by atoms with Crippen molar-refractivity contribution in [2.45, 2.75) is 51.1 Å². The van der Waals surface area contributed by atoms with Gasteiger partial charge in [0.2, 0.25) is 0 Å². The molecule has 0 radical (unpaired) electrons. The molecule has 0 unspecified atom stereocenters. The normalized spacial score (nSPS) is 27.2. The van der Waals surface area contributed by atoms with Crippen molar-refractivity contribution in [1.82, 2.24) is 4.90 Å². The van der Waals surface area contributed by atoms with Crippen LogP contribution in [0.2, 0.25) is 0 Å². The number of hydrogen-bond donors (Lipinski definition) is 1. The zero-order valence-corrected chi connectivity index (χ0v) is 10.2. The molecule has 0 saturated heterocycles. The third-order valence-electron chi connectivity index (χ3n) is 3.37. The fraction of sp³-hybridized carbons (Fsp3) is 1.00. The molecule has 0 amide bonds. The van der Waals surface area contributed by atoms with E-state index < -0.39 is 0 Å². The third kappa shape index (κ3) is 4.96.